The molecule has 1 aromatic heterocycles. The van der Waals surface area contributed by atoms with E-state index >= 15 is 0 Å². The largest absolute Gasteiger partial charge is 0.357 e. The molecule has 138 valence electrons. The number of aromatic nitrogens is 1. The van der Waals surface area contributed by atoms with E-state index in [9.17, 15) is 10.1 Å². The van der Waals surface area contributed by atoms with Crippen molar-refractivity contribution in [1.29, 1.82) is 0 Å². The van der Waals surface area contributed by atoms with Gasteiger partial charge in [0.1, 0.15) is 0 Å². The number of nitrogens with zero attached hydrogens (tertiary/aromatic N) is 1. The number of rotatable bonds is 3. The molecule has 0 bridgehead atoms. The monoisotopic (exact) mass is 369 g/mol. The number of nitrogens with one attached hydrogen (secondary N) is 2. The van der Waals surface area contributed by atoms with Gasteiger partial charge in [-0.1, -0.05) is 60.7 Å². The summed E-state index contributed by atoms with van der Waals surface area (Å²) < 4.78 is 0. The summed E-state index contributed by atoms with van der Waals surface area (Å²) in [6.45, 7) is 0.806. The van der Waals surface area contributed by atoms with E-state index in [1.165, 1.54) is 16.5 Å². The second-order valence-corrected chi connectivity index (χ2v) is 7.15. The van der Waals surface area contributed by atoms with Crippen LogP contribution in [0.1, 0.15) is 34.3 Å². The van der Waals surface area contributed by atoms with Gasteiger partial charge in [-0.05, 0) is 22.8 Å². The number of benzene rings is 3. The molecule has 1 aliphatic rings. The molecule has 0 spiro atoms. The summed E-state index contributed by atoms with van der Waals surface area (Å²) in [5.74, 6) is 0.252. The lowest BCUT2D eigenvalue weighted by Crippen LogP contribution is -2.34. The summed E-state index contributed by atoms with van der Waals surface area (Å²) in [5, 5.41) is 15.9. The first-order chi connectivity index (χ1) is 13.7. The lowest BCUT2D eigenvalue weighted by molar-refractivity contribution is -0.384. The standard InChI is InChI=1S/C23H19N3O2/c27-26(28)17-12-10-16(11-13-17)22-23-21(18-8-4-5-9-20(18)25-23)19(14-24-22)15-6-2-1-3-7-15/h1-13,19,22,24-25H,14H2. The quantitative estimate of drug-likeness (QED) is 0.398. The molecule has 3 aromatic carbocycles. The molecule has 2 N–H and O–H groups in total. The van der Waals surface area contributed by atoms with Crippen LogP contribution in [0.5, 0.6) is 0 Å². The predicted molar refractivity (Wildman–Crippen MR) is 110 cm³/mol. The van der Waals surface area contributed by atoms with Gasteiger partial charge in [0.05, 0.1) is 11.0 Å². The number of aromatic amines is 1. The molecule has 2 heterocycles. The van der Waals surface area contributed by atoms with Crippen molar-refractivity contribution in [2.75, 3.05) is 6.54 Å². The molecule has 5 heteroatoms. The fraction of sp³-hybridized carbons (Fsp3) is 0.130. The Balaban J connectivity index is 1.65. The SMILES string of the molecule is O=[N+]([O-])c1ccc(C2NCC(c3ccccc3)c3c2[nH]c2ccccc32)cc1. The Hall–Kier alpha value is -3.44. The van der Waals surface area contributed by atoms with Crippen molar-refractivity contribution in [3.8, 4) is 0 Å². The molecule has 0 amide bonds. The van der Waals surface area contributed by atoms with Crippen LogP contribution in [0.25, 0.3) is 10.9 Å². The fourth-order valence-corrected chi connectivity index (χ4v) is 4.27. The summed E-state index contributed by atoms with van der Waals surface area (Å²) in [6, 6.07) is 25.7. The first-order valence-electron chi connectivity index (χ1n) is 9.35. The van der Waals surface area contributed by atoms with Crippen molar-refractivity contribution in [2.45, 2.75) is 12.0 Å². The van der Waals surface area contributed by atoms with Crippen molar-refractivity contribution in [3.05, 3.63) is 111 Å². The zero-order chi connectivity index (χ0) is 19.1. The molecule has 0 saturated carbocycles. The minimum atomic E-state index is -0.363. The van der Waals surface area contributed by atoms with E-state index in [4.69, 9.17) is 0 Å². The third-order valence-electron chi connectivity index (χ3n) is 5.58. The van der Waals surface area contributed by atoms with Crippen LogP contribution in [-0.2, 0) is 0 Å². The summed E-state index contributed by atoms with van der Waals surface area (Å²) in [7, 11) is 0. The second kappa shape index (κ2) is 6.62. The molecule has 0 radical (unpaired) electrons. The van der Waals surface area contributed by atoms with Crippen molar-refractivity contribution >= 4 is 16.6 Å². The van der Waals surface area contributed by atoms with Crippen LogP contribution in [0.4, 0.5) is 5.69 Å². The summed E-state index contributed by atoms with van der Waals surface area (Å²) in [6.07, 6.45) is 0. The molecule has 0 saturated heterocycles. The van der Waals surface area contributed by atoms with E-state index in [-0.39, 0.29) is 22.6 Å². The minimum Gasteiger partial charge on any atom is -0.357 e. The van der Waals surface area contributed by atoms with Crippen molar-refractivity contribution in [1.82, 2.24) is 10.3 Å². The molecule has 2 unspecified atom stereocenters. The van der Waals surface area contributed by atoms with Gasteiger partial charge in [0, 0.05) is 41.2 Å². The minimum absolute atomic E-state index is 0.0248. The van der Waals surface area contributed by atoms with Gasteiger partial charge >= 0.3 is 0 Å². The van der Waals surface area contributed by atoms with Gasteiger partial charge in [-0.2, -0.15) is 0 Å². The highest BCUT2D eigenvalue weighted by Crippen LogP contribution is 2.41. The maximum absolute atomic E-state index is 11.0. The highest BCUT2D eigenvalue weighted by Gasteiger charge is 2.32. The first-order valence-corrected chi connectivity index (χ1v) is 9.35. The summed E-state index contributed by atoms with van der Waals surface area (Å²) in [4.78, 5) is 14.2. The van der Waals surface area contributed by atoms with Crippen molar-refractivity contribution < 1.29 is 4.92 Å². The molecule has 2 atom stereocenters. The number of hydrogen-bond acceptors (Lipinski definition) is 3. The zero-order valence-corrected chi connectivity index (χ0v) is 15.1. The van der Waals surface area contributed by atoms with Crippen LogP contribution in [0.2, 0.25) is 0 Å². The number of para-hydroxylation sites is 1. The topological polar surface area (TPSA) is 71.0 Å². The van der Waals surface area contributed by atoms with Gasteiger partial charge in [0.2, 0.25) is 0 Å². The molecule has 4 aromatic rings. The smallest absolute Gasteiger partial charge is 0.269 e. The predicted octanol–water partition coefficient (Wildman–Crippen LogP) is 4.90. The highest BCUT2D eigenvalue weighted by molar-refractivity contribution is 5.86. The number of nitro benzene ring substituents is 1. The van der Waals surface area contributed by atoms with Gasteiger partial charge in [-0.25, -0.2) is 0 Å². The van der Waals surface area contributed by atoms with Crippen molar-refractivity contribution in [2.24, 2.45) is 0 Å². The van der Waals surface area contributed by atoms with Gasteiger partial charge < -0.3 is 10.3 Å². The van der Waals surface area contributed by atoms with Crippen LogP contribution in [-0.4, -0.2) is 16.5 Å². The zero-order valence-electron chi connectivity index (χ0n) is 15.1. The molecule has 5 rings (SSSR count). The molecule has 1 aliphatic heterocycles. The molecular weight excluding hydrogens is 350 g/mol. The van der Waals surface area contributed by atoms with E-state index < -0.39 is 0 Å². The highest BCUT2D eigenvalue weighted by atomic mass is 16.6. The molecule has 0 aliphatic carbocycles. The average Bonchev–Trinajstić information content (AvgIpc) is 3.13. The van der Waals surface area contributed by atoms with Crippen LogP contribution >= 0.6 is 0 Å². The Morgan fingerprint density at radius 3 is 2.32 bits per heavy atom. The van der Waals surface area contributed by atoms with Gasteiger partial charge in [0.15, 0.2) is 0 Å². The van der Waals surface area contributed by atoms with E-state index in [0.717, 1.165) is 23.3 Å². The molecule has 28 heavy (non-hydrogen) atoms. The number of nitro groups is 1. The molecular formula is C23H19N3O2. The van der Waals surface area contributed by atoms with Crippen molar-refractivity contribution in [3.63, 3.8) is 0 Å². The Labute approximate surface area is 162 Å². The summed E-state index contributed by atoms with van der Waals surface area (Å²) in [5.41, 5.74) is 5.97. The average molecular weight is 369 g/mol. The van der Waals surface area contributed by atoms with Crippen LogP contribution < -0.4 is 5.32 Å². The second-order valence-electron chi connectivity index (χ2n) is 7.15. The molecule has 5 nitrogen and oxygen atoms in total. The fourth-order valence-electron chi connectivity index (χ4n) is 4.27. The van der Waals surface area contributed by atoms with Crippen LogP contribution in [0.15, 0.2) is 78.9 Å². The third kappa shape index (κ3) is 2.68. The van der Waals surface area contributed by atoms with Gasteiger partial charge in [0.25, 0.3) is 5.69 Å². The Kier molecular flexibility index (Phi) is 3.95. The Morgan fingerprint density at radius 1 is 0.857 bits per heavy atom. The van der Waals surface area contributed by atoms with E-state index in [1.807, 2.05) is 24.3 Å². The summed E-state index contributed by atoms with van der Waals surface area (Å²) >= 11 is 0. The maximum atomic E-state index is 11.0. The lowest BCUT2D eigenvalue weighted by atomic mass is 9.83. The normalized spacial score (nSPS) is 18.7. The van der Waals surface area contributed by atoms with E-state index in [1.54, 1.807) is 12.1 Å². The Bertz CT molecular complexity index is 1150. The van der Waals surface area contributed by atoms with Crippen LogP contribution in [0.3, 0.4) is 0 Å². The number of non-ortho nitro benzene ring substituents is 1. The number of fused-ring (bicyclic) bond motifs is 3. The van der Waals surface area contributed by atoms with E-state index in [0.29, 0.717) is 0 Å². The molecule has 0 fully saturated rings. The van der Waals surface area contributed by atoms with Gasteiger partial charge in [-0.3, -0.25) is 10.1 Å². The van der Waals surface area contributed by atoms with Gasteiger partial charge in [-0.15, -0.1) is 0 Å². The maximum Gasteiger partial charge on any atom is 0.269 e. The third-order valence-corrected chi connectivity index (χ3v) is 5.58. The lowest BCUT2D eigenvalue weighted by Gasteiger charge is -2.31. The van der Waals surface area contributed by atoms with E-state index in [2.05, 4.69) is 52.8 Å². The van der Waals surface area contributed by atoms with Crippen LogP contribution in [0, 0.1) is 10.1 Å². The number of H-pyrrole nitrogens is 1. The number of hydrogen-bond donors (Lipinski definition) is 2. The Morgan fingerprint density at radius 2 is 1.57 bits per heavy atom. The first kappa shape index (κ1) is 16.7.